The number of anilines is 1. The monoisotopic (exact) mass is 301 g/mol. The highest BCUT2D eigenvalue weighted by Gasteiger charge is 2.25. The van der Waals surface area contributed by atoms with Gasteiger partial charge in [-0.1, -0.05) is 32.4 Å². The van der Waals surface area contributed by atoms with Gasteiger partial charge in [-0.15, -0.1) is 0 Å². The van der Waals surface area contributed by atoms with Crippen LogP contribution in [0.2, 0.25) is 5.02 Å². The molecule has 0 aliphatic rings. The fourth-order valence-corrected chi connectivity index (χ4v) is 2.38. The van der Waals surface area contributed by atoms with Gasteiger partial charge in [-0.25, -0.2) is 0 Å². The van der Waals surface area contributed by atoms with E-state index in [1.807, 2.05) is 20.8 Å². The summed E-state index contributed by atoms with van der Waals surface area (Å²) in [4.78, 5) is 12.1. The second kappa shape index (κ2) is 6.53. The van der Waals surface area contributed by atoms with E-state index >= 15 is 0 Å². The van der Waals surface area contributed by atoms with E-state index in [9.17, 15) is 9.00 Å². The van der Waals surface area contributed by atoms with Crippen LogP contribution in [0.5, 0.6) is 0 Å². The minimum atomic E-state index is -0.964. The average molecular weight is 302 g/mol. The second-order valence-corrected chi connectivity index (χ2v) is 7.06. The maximum Gasteiger partial charge on any atom is 0.230 e. The minimum Gasteiger partial charge on any atom is -0.326 e. The third kappa shape index (κ3) is 4.62. The van der Waals surface area contributed by atoms with Gasteiger partial charge in [-0.05, 0) is 30.2 Å². The van der Waals surface area contributed by atoms with Crippen LogP contribution in [0.4, 0.5) is 5.69 Å². The standard InChI is InChI=1S/C14H20ClNO2S/c1-5-14(2,3)13(17)16-11-6-7-12(15)10(8-11)9-19(4)18/h6-8H,5,9H2,1-4H3,(H,16,17). The van der Waals surface area contributed by atoms with Crippen LogP contribution >= 0.6 is 11.6 Å². The van der Waals surface area contributed by atoms with E-state index in [1.54, 1.807) is 24.5 Å². The topological polar surface area (TPSA) is 46.2 Å². The molecular formula is C14H20ClNO2S. The lowest BCUT2D eigenvalue weighted by atomic mass is 9.89. The van der Waals surface area contributed by atoms with Crippen molar-refractivity contribution in [3.05, 3.63) is 28.8 Å². The lowest BCUT2D eigenvalue weighted by molar-refractivity contribution is -0.124. The van der Waals surface area contributed by atoms with E-state index in [1.165, 1.54) is 0 Å². The van der Waals surface area contributed by atoms with Crippen LogP contribution < -0.4 is 5.32 Å². The Morgan fingerprint density at radius 3 is 2.58 bits per heavy atom. The van der Waals surface area contributed by atoms with Gasteiger partial charge >= 0.3 is 0 Å². The molecule has 1 aromatic carbocycles. The molecule has 0 bridgehead atoms. The van der Waals surface area contributed by atoms with Gasteiger partial charge in [-0.3, -0.25) is 9.00 Å². The Labute approximate surface area is 122 Å². The summed E-state index contributed by atoms with van der Waals surface area (Å²) in [6.45, 7) is 5.79. The normalized spacial score (nSPS) is 13.1. The summed E-state index contributed by atoms with van der Waals surface area (Å²) in [5.74, 6) is 0.362. The first-order chi connectivity index (χ1) is 8.76. The van der Waals surface area contributed by atoms with Crippen LogP contribution in [0.3, 0.4) is 0 Å². The van der Waals surface area contributed by atoms with Crippen molar-refractivity contribution >= 4 is 34.0 Å². The molecule has 0 spiro atoms. The summed E-state index contributed by atoms with van der Waals surface area (Å²) in [6.07, 6.45) is 2.39. The van der Waals surface area contributed by atoms with Crippen molar-refractivity contribution in [3.63, 3.8) is 0 Å². The number of hydrogen-bond acceptors (Lipinski definition) is 2. The van der Waals surface area contributed by atoms with Gasteiger partial charge in [0.05, 0.1) is 0 Å². The largest absolute Gasteiger partial charge is 0.326 e. The second-order valence-electron chi connectivity index (χ2n) is 5.22. The summed E-state index contributed by atoms with van der Waals surface area (Å²) in [6, 6.07) is 5.26. The molecule has 0 saturated carbocycles. The summed E-state index contributed by atoms with van der Waals surface area (Å²) in [5.41, 5.74) is 1.07. The van der Waals surface area contributed by atoms with E-state index in [2.05, 4.69) is 5.32 Å². The van der Waals surface area contributed by atoms with Gasteiger partial charge in [0.15, 0.2) is 0 Å². The first kappa shape index (κ1) is 16.2. The van der Waals surface area contributed by atoms with E-state index in [-0.39, 0.29) is 5.91 Å². The molecule has 5 heteroatoms. The molecule has 1 rings (SSSR count). The van der Waals surface area contributed by atoms with Crippen LogP contribution in [0.15, 0.2) is 18.2 Å². The molecular weight excluding hydrogens is 282 g/mol. The molecule has 19 heavy (non-hydrogen) atoms. The number of carbonyl (C=O) groups is 1. The number of benzene rings is 1. The van der Waals surface area contributed by atoms with Gasteiger partial charge in [0, 0.05) is 38.9 Å². The Bertz CT molecular complexity index is 500. The third-order valence-corrected chi connectivity index (χ3v) is 4.25. The number of rotatable bonds is 5. The zero-order chi connectivity index (χ0) is 14.6. The van der Waals surface area contributed by atoms with Crippen LogP contribution in [0.25, 0.3) is 0 Å². The molecule has 1 N–H and O–H groups in total. The van der Waals surface area contributed by atoms with E-state index in [4.69, 9.17) is 11.6 Å². The fourth-order valence-electron chi connectivity index (χ4n) is 1.44. The summed E-state index contributed by atoms with van der Waals surface area (Å²) in [7, 11) is -0.964. The maximum atomic E-state index is 12.1. The Balaban J connectivity index is 2.91. The van der Waals surface area contributed by atoms with Crippen molar-refractivity contribution in [2.75, 3.05) is 11.6 Å². The Morgan fingerprint density at radius 1 is 1.42 bits per heavy atom. The molecule has 0 saturated heterocycles. The Hall–Kier alpha value is -0.870. The smallest absolute Gasteiger partial charge is 0.230 e. The van der Waals surface area contributed by atoms with Gasteiger partial charge in [0.1, 0.15) is 0 Å². The summed E-state index contributed by atoms with van der Waals surface area (Å²) >= 11 is 6.05. The number of hydrogen-bond donors (Lipinski definition) is 1. The van der Waals surface area contributed by atoms with Gasteiger partial charge in [0.2, 0.25) is 5.91 Å². The average Bonchev–Trinajstić information content (AvgIpc) is 2.32. The molecule has 1 unspecified atom stereocenters. The molecule has 1 amide bonds. The van der Waals surface area contributed by atoms with E-state index < -0.39 is 16.2 Å². The highest BCUT2D eigenvalue weighted by atomic mass is 35.5. The van der Waals surface area contributed by atoms with Crippen LogP contribution in [0.1, 0.15) is 32.8 Å². The number of halogens is 1. The predicted octanol–water partition coefficient (Wildman–Crippen LogP) is 3.59. The molecule has 0 fully saturated rings. The first-order valence-corrected chi connectivity index (χ1v) is 8.26. The van der Waals surface area contributed by atoms with Crippen molar-refractivity contribution in [1.29, 1.82) is 0 Å². The van der Waals surface area contributed by atoms with Crippen LogP contribution in [-0.4, -0.2) is 16.4 Å². The van der Waals surface area contributed by atoms with Gasteiger partial charge in [0.25, 0.3) is 0 Å². The number of nitrogens with one attached hydrogen (secondary N) is 1. The Morgan fingerprint density at radius 2 is 2.05 bits per heavy atom. The molecule has 3 nitrogen and oxygen atoms in total. The predicted molar refractivity (Wildman–Crippen MR) is 81.9 cm³/mol. The maximum absolute atomic E-state index is 12.1. The number of carbonyl (C=O) groups excluding carboxylic acids is 1. The Kier molecular flexibility index (Phi) is 5.56. The minimum absolute atomic E-state index is 0.0270. The highest BCUT2D eigenvalue weighted by Crippen LogP contribution is 2.25. The van der Waals surface area contributed by atoms with Crippen LogP contribution in [0, 0.1) is 5.41 Å². The lowest BCUT2D eigenvalue weighted by Crippen LogP contribution is -2.30. The number of amides is 1. The molecule has 0 radical (unpaired) electrons. The zero-order valence-corrected chi connectivity index (χ0v) is 13.3. The van der Waals surface area contributed by atoms with Crippen molar-refractivity contribution in [3.8, 4) is 0 Å². The fraction of sp³-hybridized carbons (Fsp3) is 0.500. The van der Waals surface area contributed by atoms with E-state index in [0.717, 1.165) is 12.0 Å². The SMILES string of the molecule is CCC(C)(C)C(=O)Nc1ccc(Cl)c(CS(C)=O)c1. The summed E-state index contributed by atoms with van der Waals surface area (Å²) in [5, 5.41) is 3.45. The quantitative estimate of drug-likeness (QED) is 0.903. The molecule has 0 aromatic heterocycles. The molecule has 0 heterocycles. The molecule has 0 aliphatic heterocycles. The third-order valence-electron chi connectivity index (χ3n) is 3.16. The molecule has 0 aliphatic carbocycles. The molecule has 1 atom stereocenters. The van der Waals surface area contributed by atoms with Gasteiger partial charge in [-0.2, -0.15) is 0 Å². The van der Waals surface area contributed by atoms with Gasteiger partial charge < -0.3 is 5.32 Å². The van der Waals surface area contributed by atoms with Crippen molar-refractivity contribution in [2.24, 2.45) is 5.41 Å². The highest BCUT2D eigenvalue weighted by molar-refractivity contribution is 7.83. The lowest BCUT2D eigenvalue weighted by Gasteiger charge is -2.21. The van der Waals surface area contributed by atoms with Crippen LogP contribution in [-0.2, 0) is 21.3 Å². The zero-order valence-electron chi connectivity index (χ0n) is 11.7. The molecule has 106 valence electrons. The first-order valence-electron chi connectivity index (χ1n) is 6.16. The van der Waals surface area contributed by atoms with E-state index in [0.29, 0.717) is 16.5 Å². The van der Waals surface area contributed by atoms with Crippen molar-refractivity contribution < 1.29 is 9.00 Å². The van der Waals surface area contributed by atoms with Crippen molar-refractivity contribution in [1.82, 2.24) is 0 Å². The molecule has 1 aromatic rings. The van der Waals surface area contributed by atoms with Crippen molar-refractivity contribution in [2.45, 2.75) is 32.9 Å². The summed E-state index contributed by atoms with van der Waals surface area (Å²) < 4.78 is 11.3.